The zero-order valence-electron chi connectivity index (χ0n) is 25.9. The number of sulfone groups is 1. The van der Waals surface area contributed by atoms with E-state index >= 15 is 0 Å². The number of likely N-dealkylation sites (tertiary alicyclic amines) is 1. The molecule has 11 nitrogen and oxygen atoms in total. The van der Waals surface area contributed by atoms with Crippen molar-refractivity contribution >= 4 is 27.6 Å². The molecule has 6 rings (SSSR count). The van der Waals surface area contributed by atoms with Crippen LogP contribution in [0.25, 0.3) is 11.1 Å². The highest BCUT2D eigenvalue weighted by Gasteiger charge is 2.38. The fourth-order valence-corrected chi connectivity index (χ4v) is 7.74. The summed E-state index contributed by atoms with van der Waals surface area (Å²) in [6.45, 7) is 0.209. The molecule has 3 amide bonds. The molecule has 47 heavy (non-hydrogen) atoms. The number of piperidine rings is 1. The first kappa shape index (κ1) is 32.3. The molecule has 0 aliphatic carbocycles. The summed E-state index contributed by atoms with van der Waals surface area (Å²) in [4.78, 5) is 41.6. The second-order valence-corrected chi connectivity index (χ2v) is 14.3. The van der Waals surface area contributed by atoms with Gasteiger partial charge in [0.1, 0.15) is 39.0 Å². The number of ether oxygens (including phenoxy) is 3. The summed E-state index contributed by atoms with van der Waals surface area (Å²) in [5, 5.41) is 5.78. The average Bonchev–Trinajstić information content (AvgIpc) is 3.06. The molecule has 0 unspecified atom stereocenters. The maximum atomic E-state index is 14.7. The fraction of sp³-hybridized carbons (Fsp3) is 0.382. The van der Waals surface area contributed by atoms with Gasteiger partial charge in [-0.15, -0.1) is 0 Å². The zero-order chi connectivity index (χ0) is 33.1. The van der Waals surface area contributed by atoms with Gasteiger partial charge in [-0.25, -0.2) is 12.8 Å². The Morgan fingerprint density at radius 1 is 0.979 bits per heavy atom. The van der Waals surface area contributed by atoms with Crippen molar-refractivity contribution in [1.29, 1.82) is 0 Å². The molecule has 13 heteroatoms. The number of nitrogens with zero attached hydrogens (tertiary/aromatic N) is 1. The van der Waals surface area contributed by atoms with Crippen molar-refractivity contribution in [2.24, 2.45) is 5.92 Å². The molecule has 3 aromatic rings. The lowest BCUT2D eigenvalue weighted by Crippen LogP contribution is -2.59. The summed E-state index contributed by atoms with van der Waals surface area (Å²) >= 11 is 0. The average molecular weight is 666 g/mol. The van der Waals surface area contributed by atoms with E-state index in [1.807, 2.05) is 6.07 Å². The normalized spacial score (nSPS) is 21.7. The Kier molecular flexibility index (Phi) is 9.35. The molecule has 2 N–H and O–H groups in total. The number of amides is 3. The SMILES string of the molecule is COc1ccc2cc1-c1cccc(c1)OCC(=O)NCc1cc(F)cc(c1)O[C@@H]1CCN(C(=O)C3CCS(=O)(=O)CC3)C[C@H]1NC2=O. The van der Waals surface area contributed by atoms with Crippen LogP contribution in [0.3, 0.4) is 0 Å². The first-order valence-electron chi connectivity index (χ1n) is 15.5. The third-order valence-electron chi connectivity index (χ3n) is 8.77. The Morgan fingerprint density at radius 3 is 2.57 bits per heavy atom. The lowest BCUT2D eigenvalue weighted by Gasteiger charge is -2.40. The van der Waals surface area contributed by atoms with Gasteiger partial charge in [0.15, 0.2) is 6.61 Å². The highest BCUT2D eigenvalue weighted by atomic mass is 32.2. The van der Waals surface area contributed by atoms with Crippen molar-refractivity contribution in [3.8, 4) is 28.4 Å². The Morgan fingerprint density at radius 2 is 1.79 bits per heavy atom. The lowest BCUT2D eigenvalue weighted by atomic mass is 9.96. The molecule has 6 bridgehead atoms. The Labute approximate surface area is 272 Å². The van der Waals surface area contributed by atoms with Crippen molar-refractivity contribution in [1.82, 2.24) is 15.5 Å². The first-order valence-corrected chi connectivity index (χ1v) is 17.3. The van der Waals surface area contributed by atoms with Crippen molar-refractivity contribution in [3.05, 3.63) is 77.6 Å². The van der Waals surface area contributed by atoms with Gasteiger partial charge in [0.05, 0.1) is 24.7 Å². The van der Waals surface area contributed by atoms with Crippen molar-refractivity contribution < 1.29 is 41.4 Å². The number of carbonyl (C=O) groups excluding carboxylic acids is 3. The number of benzene rings is 3. The third-order valence-corrected chi connectivity index (χ3v) is 10.5. The molecule has 2 atom stereocenters. The molecule has 0 aromatic heterocycles. The van der Waals surface area contributed by atoms with Gasteiger partial charge in [0.25, 0.3) is 11.8 Å². The summed E-state index contributed by atoms with van der Waals surface area (Å²) < 4.78 is 56.2. The van der Waals surface area contributed by atoms with Gasteiger partial charge in [-0.1, -0.05) is 12.1 Å². The second kappa shape index (κ2) is 13.6. The number of hydrogen-bond donors (Lipinski definition) is 2. The fourth-order valence-electron chi connectivity index (χ4n) is 6.25. The van der Waals surface area contributed by atoms with Gasteiger partial charge >= 0.3 is 0 Å². The van der Waals surface area contributed by atoms with Gasteiger partial charge < -0.3 is 29.7 Å². The van der Waals surface area contributed by atoms with Crippen LogP contribution in [0.5, 0.6) is 17.2 Å². The topological polar surface area (TPSA) is 140 Å². The van der Waals surface area contributed by atoms with Crippen molar-refractivity contribution in [2.45, 2.75) is 38.0 Å². The molecule has 3 aromatic carbocycles. The molecule has 3 aliphatic heterocycles. The van der Waals surface area contributed by atoms with E-state index in [2.05, 4.69) is 10.6 Å². The number of nitrogens with one attached hydrogen (secondary N) is 2. The minimum atomic E-state index is -3.14. The van der Waals surface area contributed by atoms with Crippen LogP contribution in [-0.2, 0) is 26.0 Å². The minimum absolute atomic E-state index is 0.0274. The summed E-state index contributed by atoms with van der Waals surface area (Å²) in [7, 11) is -1.61. The van der Waals surface area contributed by atoms with E-state index in [4.69, 9.17) is 14.2 Å². The van der Waals surface area contributed by atoms with Crippen LogP contribution in [0.2, 0.25) is 0 Å². The number of rotatable bonds is 2. The number of hydrogen-bond acceptors (Lipinski definition) is 8. The number of halogens is 1. The van der Waals surface area contributed by atoms with Gasteiger partial charge in [-0.2, -0.15) is 0 Å². The van der Waals surface area contributed by atoms with E-state index in [-0.39, 0.29) is 55.7 Å². The minimum Gasteiger partial charge on any atom is -0.496 e. The third kappa shape index (κ3) is 7.67. The Bertz CT molecular complexity index is 1790. The Balaban J connectivity index is 1.33. The summed E-state index contributed by atoms with van der Waals surface area (Å²) in [5.41, 5.74) is 2.12. The van der Waals surface area contributed by atoms with Gasteiger partial charge in [-0.05, 0) is 66.4 Å². The first-order chi connectivity index (χ1) is 22.6. The van der Waals surface area contributed by atoms with E-state index in [9.17, 15) is 27.2 Å². The molecule has 3 aliphatic rings. The molecule has 0 radical (unpaired) electrons. The number of carbonyl (C=O) groups is 3. The predicted molar refractivity (Wildman–Crippen MR) is 170 cm³/mol. The van der Waals surface area contributed by atoms with E-state index in [0.29, 0.717) is 46.7 Å². The number of fused-ring (bicyclic) bond motifs is 8. The predicted octanol–water partition coefficient (Wildman–Crippen LogP) is 3.11. The van der Waals surface area contributed by atoms with Crippen LogP contribution in [0.15, 0.2) is 60.7 Å². The summed E-state index contributed by atoms with van der Waals surface area (Å²) in [5.74, 6) is -0.827. The quantitative estimate of drug-likeness (QED) is 0.426. The highest BCUT2D eigenvalue weighted by molar-refractivity contribution is 7.91. The van der Waals surface area contributed by atoms with E-state index < -0.39 is 45.5 Å². The van der Waals surface area contributed by atoms with E-state index in [1.54, 1.807) is 47.4 Å². The van der Waals surface area contributed by atoms with Gasteiger partial charge in [0.2, 0.25) is 5.91 Å². The van der Waals surface area contributed by atoms with E-state index in [1.165, 1.54) is 19.2 Å². The molecular weight excluding hydrogens is 629 g/mol. The van der Waals surface area contributed by atoms with Crippen molar-refractivity contribution in [3.63, 3.8) is 0 Å². The second-order valence-electron chi connectivity index (χ2n) is 12.0. The standard InChI is InChI=1S/C34H36FN3O8S/c1-44-30-6-5-24-16-28(30)23-3-2-4-26(15-23)45-20-32(39)36-18-21-13-25(35)17-27(14-21)46-31-7-10-38(19-29(31)37-33(24)40)34(41)22-8-11-47(42,43)12-9-22/h2-6,13-17,22,29,31H,7-12,18-20H2,1H3,(H,36,39)(H,37,40)/t29-,31-/m1/s1. The molecule has 2 fully saturated rings. The largest absolute Gasteiger partial charge is 0.496 e. The Hall–Kier alpha value is -4.65. The van der Waals surface area contributed by atoms with Crippen LogP contribution in [0.4, 0.5) is 4.39 Å². The summed E-state index contributed by atoms with van der Waals surface area (Å²) in [6.07, 6.45) is 0.238. The van der Waals surface area contributed by atoms with Crippen LogP contribution in [-0.4, -0.2) is 81.5 Å². The maximum Gasteiger partial charge on any atom is 0.258 e. The lowest BCUT2D eigenvalue weighted by molar-refractivity contribution is -0.138. The van der Waals surface area contributed by atoms with E-state index in [0.717, 1.165) is 0 Å². The summed E-state index contributed by atoms with van der Waals surface area (Å²) in [6, 6.07) is 15.5. The maximum absolute atomic E-state index is 14.7. The van der Waals surface area contributed by atoms with Crippen LogP contribution >= 0.6 is 0 Å². The molecule has 0 spiro atoms. The van der Waals surface area contributed by atoms with Crippen LogP contribution < -0.4 is 24.8 Å². The van der Waals surface area contributed by atoms with Gasteiger partial charge in [-0.3, -0.25) is 14.4 Å². The highest BCUT2D eigenvalue weighted by Crippen LogP contribution is 2.33. The zero-order valence-corrected chi connectivity index (χ0v) is 26.7. The molecule has 3 heterocycles. The van der Waals surface area contributed by atoms with Crippen LogP contribution in [0.1, 0.15) is 35.2 Å². The monoisotopic (exact) mass is 665 g/mol. The van der Waals surface area contributed by atoms with Crippen LogP contribution in [0, 0.1) is 11.7 Å². The van der Waals surface area contributed by atoms with Gasteiger partial charge in [0, 0.05) is 49.2 Å². The molecule has 248 valence electrons. The van der Waals surface area contributed by atoms with Crippen molar-refractivity contribution in [2.75, 3.05) is 38.3 Å². The smallest absolute Gasteiger partial charge is 0.258 e. The number of methoxy groups -OCH3 is 1. The molecule has 0 saturated carbocycles. The molecular formula is C34H36FN3O8S. The molecule has 2 saturated heterocycles.